The van der Waals surface area contributed by atoms with Crippen LogP contribution >= 0.6 is 0 Å². The molecule has 0 N–H and O–H groups in total. The second-order valence-corrected chi connectivity index (χ2v) is 7.59. The van der Waals surface area contributed by atoms with Gasteiger partial charge in [-0.3, -0.25) is 9.69 Å². The first-order valence-corrected chi connectivity index (χ1v) is 9.15. The minimum Gasteiger partial charge on any atom is -0.469 e. The van der Waals surface area contributed by atoms with Gasteiger partial charge in [0.1, 0.15) is 11.5 Å². The van der Waals surface area contributed by atoms with Crippen molar-refractivity contribution in [3.8, 4) is 0 Å². The van der Waals surface area contributed by atoms with Gasteiger partial charge in [0, 0.05) is 19.1 Å². The van der Waals surface area contributed by atoms with Gasteiger partial charge in [-0.05, 0) is 63.3 Å². The standard InChI is InChI=1S/C20H26N2O3/c1-15-17(6-13-24-15)19(23)22-10-8-20(9-11-22)7-5-18(20)21(2)14-16-4-3-12-25-16/h3-4,6,12-13,18H,5,7-11,14H2,1-2H3/t18-/m1/s1. The number of aryl methyl sites for hydroxylation is 1. The van der Waals surface area contributed by atoms with Crippen molar-refractivity contribution in [2.75, 3.05) is 20.1 Å². The largest absolute Gasteiger partial charge is 0.469 e. The summed E-state index contributed by atoms with van der Waals surface area (Å²) in [6, 6.07) is 6.36. The normalized spacial score (nSPS) is 22.4. The highest BCUT2D eigenvalue weighted by atomic mass is 16.3. The van der Waals surface area contributed by atoms with Crippen molar-refractivity contribution in [2.45, 2.75) is 45.2 Å². The Morgan fingerprint density at radius 3 is 2.60 bits per heavy atom. The molecule has 1 aliphatic carbocycles. The highest BCUT2D eigenvalue weighted by Gasteiger charge is 2.50. The summed E-state index contributed by atoms with van der Waals surface area (Å²) in [7, 11) is 2.19. The number of likely N-dealkylation sites (tertiary alicyclic amines) is 1. The Bertz CT molecular complexity index is 726. The molecule has 3 heterocycles. The van der Waals surface area contributed by atoms with Crippen LogP contribution in [0.4, 0.5) is 0 Å². The molecular weight excluding hydrogens is 316 g/mol. The number of carbonyl (C=O) groups is 1. The molecule has 0 bridgehead atoms. The molecule has 0 radical (unpaired) electrons. The lowest BCUT2D eigenvalue weighted by molar-refractivity contribution is -0.0590. The van der Waals surface area contributed by atoms with Crippen LogP contribution in [-0.4, -0.2) is 41.9 Å². The summed E-state index contributed by atoms with van der Waals surface area (Å²) < 4.78 is 10.8. The molecule has 0 unspecified atom stereocenters. The molecule has 25 heavy (non-hydrogen) atoms. The average Bonchev–Trinajstić information content (AvgIpc) is 3.25. The van der Waals surface area contributed by atoms with Crippen LogP contribution in [-0.2, 0) is 6.54 Å². The van der Waals surface area contributed by atoms with Gasteiger partial charge in [-0.1, -0.05) is 0 Å². The van der Waals surface area contributed by atoms with Crippen molar-refractivity contribution in [3.63, 3.8) is 0 Å². The quantitative estimate of drug-likeness (QED) is 0.850. The predicted molar refractivity (Wildman–Crippen MR) is 94.2 cm³/mol. The minimum absolute atomic E-state index is 0.112. The van der Waals surface area contributed by atoms with Gasteiger partial charge < -0.3 is 13.7 Å². The summed E-state index contributed by atoms with van der Waals surface area (Å²) >= 11 is 0. The highest BCUT2D eigenvalue weighted by molar-refractivity contribution is 5.95. The second kappa shape index (κ2) is 6.37. The van der Waals surface area contributed by atoms with Crippen molar-refractivity contribution < 1.29 is 13.6 Å². The van der Waals surface area contributed by atoms with Gasteiger partial charge in [-0.25, -0.2) is 0 Å². The summed E-state index contributed by atoms with van der Waals surface area (Å²) in [6.45, 7) is 4.39. The molecule has 5 heteroatoms. The Morgan fingerprint density at radius 2 is 2.04 bits per heavy atom. The van der Waals surface area contributed by atoms with E-state index in [1.54, 1.807) is 18.6 Å². The van der Waals surface area contributed by atoms with Crippen molar-refractivity contribution in [1.82, 2.24) is 9.80 Å². The van der Waals surface area contributed by atoms with Gasteiger partial charge in [0.2, 0.25) is 0 Å². The van der Waals surface area contributed by atoms with E-state index in [2.05, 4.69) is 11.9 Å². The van der Waals surface area contributed by atoms with Crippen molar-refractivity contribution >= 4 is 5.91 Å². The topological polar surface area (TPSA) is 49.8 Å². The van der Waals surface area contributed by atoms with Crippen LogP contribution in [0.25, 0.3) is 0 Å². The fraction of sp³-hybridized carbons (Fsp3) is 0.550. The SMILES string of the molecule is Cc1occc1C(=O)N1CCC2(CC[C@H]2N(C)Cc2ccco2)CC1. The lowest BCUT2D eigenvalue weighted by Gasteiger charge is -2.56. The zero-order chi connectivity index (χ0) is 17.4. The van der Waals surface area contributed by atoms with E-state index in [0.717, 1.165) is 38.2 Å². The van der Waals surface area contributed by atoms with E-state index in [1.165, 1.54) is 12.8 Å². The molecular formula is C20H26N2O3. The van der Waals surface area contributed by atoms with E-state index in [1.807, 2.05) is 24.0 Å². The van der Waals surface area contributed by atoms with Crippen LogP contribution < -0.4 is 0 Å². The molecule has 0 aromatic carbocycles. The number of hydrogen-bond donors (Lipinski definition) is 0. The summed E-state index contributed by atoms with van der Waals surface area (Å²) in [4.78, 5) is 17.1. The van der Waals surface area contributed by atoms with Crippen molar-refractivity contribution in [3.05, 3.63) is 47.8 Å². The van der Waals surface area contributed by atoms with Gasteiger partial charge in [-0.2, -0.15) is 0 Å². The second-order valence-electron chi connectivity index (χ2n) is 7.59. The summed E-state index contributed by atoms with van der Waals surface area (Å²) in [6.07, 6.45) is 8.02. The molecule has 4 rings (SSSR count). The van der Waals surface area contributed by atoms with E-state index in [9.17, 15) is 4.79 Å². The Hall–Kier alpha value is -2.01. The van der Waals surface area contributed by atoms with Gasteiger partial charge in [0.15, 0.2) is 0 Å². The number of furan rings is 2. The number of nitrogens with zero attached hydrogens (tertiary/aromatic N) is 2. The molecule has 2 aliphatic rings. The first-order chi connectivity index (χ1) is 12.1. The molecule has 134 valence electrons. The molecule has 2 aromatic heterocycles. The molecule has 1 amide bonds. The molecule has 5 nitrogen and oxygen atoms in total. The highest BCUT2D eigenvalue weighted by Crippen LogP contribution is 2.51. The minimum atomic E-state index is 0.112. The number of rotatable bonds is 4. The van der Waals surface area contributed by atoms with E-state index >= 15 is 0 Å². The Labute approximate surface area is 148 Å². The van der Waals surface area contributed by atoms with Gasteiger partial charge in [-0.15, -0.1) is 0 Å². The first-order valence-electron chi connectivity index (χ1n) is 9.15. The number of hydrogen-bond acceptors (Lipinski definition) is 4. The fourth-order valence-electron chi connectivity index (χ4n) is 4.64. The average molecular weight is 342 g/mol. The Morgan fingerprint density at radius 1 is 1.24 bits per heavy atom. The number of carbonyl (C=O) groups excluding carboxylic acids is 1. The molecule has 1 aliphatic heterocycles. The third-order valence-corrected chi connectivity index (χ3v) is 6.28. The summed E-state index contributed by atoms with van der Waals surface area (Å²) in [5.74, 6) is 1.85. The van der Waals surface area contributed by atoms with Crippen LogP contribution in [0, 0.1) is 12.3 Å². The molecule has 1 atom stereocenters. The summed E-state index contributed by atoms with van der Waals surface area (Å²) in [5.41, 5.74) is 1.07. The van der Waals surface area contributed by atoms with Gasteiger partial charge >= 0.3 is 0 Å². The number of amides is 1. The first kappa shape index (κ1) is 16.5. The van der Waals surface area contributed by atoms with E-state index < -0.39 is 0 Å². The van der Waals surface area contributed by atoms with Crippen molar-refractivity contribution in [2.24, 2.45) is 5.41 Å². The molecule has 2 aromatic rings. The van der Waals surface area contributed by atoms with Crippen LogP contribution in [0.2, 0.25) is 0 Å². The molecule has 1 saturated carbocycles. The lowest BCUT2D eigenvalue weighted by Crippen LogP contribution is -2.58. The number of piperidine rings is 1. The third-order valence-electron chi connectivity index (χ3n) is 6.28. The van der Waals surface area contributed by atoms with Crippen LogP contribution in [0.3, 0.4) is 0 Å². The fourth-order valence-corrected chi connectivity index (χ4v) is 4.64. The predicted octanol–water partition coefficient (Wildman–Crippen LogP) is 3.70. The smallest absolute Gasteiger partial charge is 0.257 e. The Kier molecular flexibility index (Phi) is 4.20. The maximum absolute atomic E-state index is 12.7. The van der Waals surface area contributed by atoms with E-state index in [0.29, 0.717) is 22.8 Å². The summed E-state index contributed by atoms with van der Waals surface area (Å²) in [5, 5.41) is 0. The van der Waals surface area contributed by atoms with Crippen LogP contribution in [0.5, 0.6) is 0 Å². The van der Waals surface area contributed by atoms with Gasteiger partial charge in [0.25, 0.3) is 5.91 Å². The van der Waals surface area contributed by atoms with E-state index in [4.69, 9.17) is 8.83 Å². The maximum Gasteiger partial charge on any atom is 0.257 e. The molecule has 2 fully saturated rings. The van der Waals surface area contributed by atoms with Crippen LogP contribution in [0.15, 0.2) is 39.6 Å². The van der Waals surface area contributed by atoms with Gasteiger partial charge in [0.05, 0.1) is 24.6 Å². The lowest BCUT2D eigenvalue weighted by atomic mass is 9.58. The Balaban J connectivity index is 1.37. The molecule has 1 saturated heterocycles. The van der Waals surface area contributed by atoms with Crippen molar-refractivity contribution in [1.29, 1.82) is 0 Å². The third kappa shape index (κ3) is 2.91. The zero-order valence-corrected chi connectivity index (χ0v) is 15.0. The van der Waals surface area contributed by atoms with E-state index in [-0.39, 0.29) is 5.91 Å². The maximum atomic E-state index is 12.7. The van der Waals surface area contributed by atoms with Crippen LogP contribution in [0.1, 0.15) is 47.6 Å². The molecule has 1 spiro atoms. The zero-order valence-electron chi connectivity index (χ0n) is 15.0. The monoisotopic (exact) mass is 342 g/mol.